The zero-order chi connectivity index (χ0) is 35.9. The summed E-state index contributed by atoms with van der Waals surface area (Å²) in [6, 6.07) is 0. The fourth-order valence-corrected chi connectivity index (χ4v) is 5.76. The first-order chi connectivity index (χ1) is 24.0. The van der Waals surface area contributed by atoms with E-state index >= 15 is 0 Å². The Kier molecular flexibility index (Phi) is 37.0. The van der Waals surface area contributed by atoms with E-state index in [1.807, 2.05) is 0 Å². The molecule has 0 saturated heterocycles. The van der Waals surface area contributed by atoms with Crippen molar-refractivity contribution in [2.24, 2.45) is 0 Å². The summed E-state index contributed by atoms with van der Waals surface area (Å²) >= 11 is 0. The van der Waals surface area contributed by atoms with E-state index in [-0.39, 0.29) is 31.1 Å². The molecule has 0 N–H and O–H groups in total. The molecule has 1 unspecified atom stereocenters. The summed E-state index contributed by atoms with van der Waals surface area (Å²) < 4.78 is 16.5. The Morgan fingerprint density at radius 3 is 1.16 bits per heavy atom. The van der Waals surface area contributed by atoms with Crippen LogP contribution in [0.25, 0.3) is 0 Å². The molecule has 49 heavy (non-hydrogen) atoms. The molecule has 286 valence electrons. The van der Waals surface area contributed by atoms with Gasteiger partial charge in [-0.3, -0.25) is 14.4 Å². The van der Waals surface area contributed by atoms with Crippen molar-refractivity contribution in [2.45, 2.75) is 219 Å². The lowest BCUT2D eigenvalue weighted by Gasteiger charge is -2.18. The molecule has 6 heteroatoms. The van der Waals surface area contributed by atoms with Gasteiger partial charge in [0.1, 0.15) is 13.2 Å². The topological polar surface area (TPSA) is 78.9 Å². The highest BCUT2D eigenvalue weighted by Gasteiger charge is 2.19. The van der Waals surface area contributed by atoms with Crippen LogP contribution in [0.15, 0.2) is 24.3 Å². The zero-order valence-corrected chi connectivity index (χ0v) is 32.5. The second-order valence-corrected chi connectivity index (χ2v) is 13.9. The lowest BCUT2D eigenvalue weighted by atomic mass is 10.1. The summed E-state index contributed by atoms with van der Waals surface area (Å²) in [5.74, 6) is -0.896. The Morgan fingerprint density at radius 1 is 0.408 bits per heavy atom. The predicted octanol–water partition coefficient (Wildman–Crippen LogP) is 12.9. The number of hydrogen-bond donors (Lipinski definition) is 0. The van der Waals surface area contributed by atoms with Gasteiger partial charge in [0.2, 0.25) is 0 Å². The van der Waals surface area contributed by atoms with Crippen LogP contribution < -0.4 is 0 Å². The Morgan fingerprint density at radius 2 is 0.735 bits per heavy atom. The summed E-state index contributed by atoms with van der Waals surface area (Å²) in [5.41, 5.74) is 0. The molecule has 0 aromatic carbocycles. The average molecular weight is 691 g/mol. The number of carbonyl (C=O) groups excluding carboxylic acids is 3. The average Bonchev–Trinajstić information content (AvgIpc) is 3.10. The van der Waals surface area contributed by atoms with Crippen LogP contribution in [0.1, 0.15) is 213 Å². The van der Waals surface area contributed by atoms with Gasteiger partial charge in [0.15, 0.2) is 6.10 Å². The highest BCUT2D eigenvalue weighted by atomic mass is 16.6. The molecule has 0 aliphatic rings. The third kappa shape index (κ3) is 37.0. The van der Waals surface area contributed by atoms with Crippen LogP contribution in [0.3, 0.4) is 0 Å². The van der Waals surface area contributed by atoms with Crippen LogP contribution in [0, 0.1) is 0 Å². The van der Waals surface area contributed by atoms with Gasteiger partial charge in [-0.15, -0.1) is 0 Å². The monoisotopic (exact) mass is 691 g/mol. The van der Waals surface area contributed by atoms with Crippen molar-refractivity contribution >= 4 is 17.9 Å². The van der Waals surface area contributed by atoms with Crippen molar-refractivity contribution in [3.8, 4) is 0 Å². The van der Waals surface area contributed by atoms with E-state index in [1.54, 1.807) is 0 Å². The molecule has 0 saturated carbocycles. The number of esters is 3. The minimum Gasteiger partial charge on any atom is -0.462 e. The Hall–Kier alpha value is -2.11. The van der Waals surface area contributed by atoms with Gasteiger partial charge in [-0.05, 0) is 51.4 Å². The lowest BCUT2D eigenvalue weighted by Crippen LogP contribution is -2.30. The molecule has 0 aliphatic carbocycles. The SMILES string of the molecule is CCCCC/C=C\C/C=C\CCCCCCCCCCCC(=O)OCC(COC(=O)CCCCCCCC)OC(=O)CCCCCCCC. The van der Waals surface area contributed by atoms with Crippen molar-refractivity contribution in [3.63, 3.8) is 0 Å². The molecule has 1 atom stereocenters. The van der Waals surface area contributed by atoms with E-state index in [0.717, 1.165) is 64.2 Å². The summed E-state index contributed by atoms with van der Waals surface area (Å²) in [6.07, 6.45) is 40.6. The zero-order valence-electron chi connectivity index (χ0n) is 32.5. The summed E-state index contributed by atoms with van der Waals surface area (Å²) in [5, 5.41) is 0. The van der Waals surface area contributed by atoms with Crippen LogP contribution in [0.4, 0.5) is 0 Å². The molecule has 0 bridgehead atoms. The molecule has 0 spiro atoms. The second kappa shape index (κ2) is 38.7. The van der Waals surface area contributed by atoms with E-state index in [4.69, 9.17) is 14.2 Å². The van der Waals surface area contributed by atoms with Gasteiger partial charge in [-0.2, -0.15) is 0 Å². The van der Waals surface area contributed by atoms with E-state index in [9.17, 15) is 14.4 Å². The molecule has 0 fully saturated rings. The van der Waals surface area contributed by atoms with Gasteiger partial charge in [0, 0.05) is 19.3 Å². The first kappa shape index (κ1) is 46.9. The fraction of sp³-hybridized carbons (Fsp3) is 0.837. The van der Waals surface area contributed by atoms with Crippen molar-refractivity contribution in [1.29, 1.82) is 0 Å². The summed E-state index contributed by atoms with van der Waals surface area (Å²) in [6.45, 7) is 6.47. The third-order valence-electron chi connectivity index (χ3n) is 8.96. The van der Waals surface area contributed by atoms with Gasteiger partial charge >= 0.3 is 17.9 Å². The Bertz CT molecular complexity index is 804. The third-order valence-corrected chi connectivity index (χ3v) is 8.96. The van der Waals surface area contributed by atoms with Gasteiger partial charge in [0.25, 0.3) is 0 Å². The number of rotatable bonds is 37. The minimum absolute atomic E-state index is 0.0717. The molecule has 0 amide bonds. The maximum absolute atomic E-state index is 12.5. The normalized spacial score (nSPS) is 12.1. The van der Waals surface area contributed by atoms with Crippen LogP contribution in [0.2, 0.25) is 0 Å². The molecular weight excluding hydrogens is 612 g/mol. The highest BCUT2D eigenvalue weighted by Crippen LogP contribution is 2.14. The maximum Gasteiger partial charge on any atom is 0.306 e. The number of unbranched alkanes of at least 4 members (excludes halogenated alkanes) is 22. The van der Waals surface area contributed by atoms with E-state index in [0.29, 0.717) is 19.3 Å². The van der Waals surface area contributed by atoms with Crippen molar-refractivity contribution in [1.82, 2.24) is 0 Å². The molecular formula is C43H78O6. The van der Waals surface area contributed by atoms with Gasteiger partial charge < -0.3 is 14.2 Å². The van der Waals surface area contributed by atoms with E-state index < -0.39 is 6.10 Å². The Labute approximate surface area is 303 Å². The number of allylic oxidation sites excluding steroid dienone is 4. The van der Waals surface area contributed by atoms with Crippen LogP contribution in [0.5, 0.6) is 0 Å². The molecule has 0 rings (SSSR count). The molecule has 6 nitrogen and oxygen atoms in total. The van der Waals surface area contributed by atoms with E-state index in [1.165, 1.54) is 109 Å². The molecule has 0 aromatic heterocycles. The van der Waals surface area contributed by atoms with Gasteiger partial charge in [0.05, 0.1) is 0 Å². The number of ether oxygens (including phenoxy) is 3. The first-order valence-electron chi connectivity index (χ1n) is 20.8. The quantitative estimate of drug-likeness (QED) is 0.0279. The first-order valence-corrected chi connectivity index (χ1v) is 20.8. The summed E-state index contributed by atoms with van der Waals surface area (Å²) in [4.78, 5) is 37.2. The lowest BCUT2D eigenvalue weighted by molar-refractivity contribution is -0.167. The van der Waals surface area contributed by atoms with Crippen LogP contribution in [-0.2, 0) is 28.6 Å². The fourth-order valence-electron chi connectivity index (χ4n) is 5.76. The molecule has 0 radical (unpaired) electrons. The molecule has 0 heterocycles. The smallest absolute Gasteiger partial charge is 0.306 e. The predicted molar refractivity (Wildman–Crippen MR) is 206 cm³/mol. The van der Waals surface area contributed by atoms with Crippen LogP contribution >= 0.6 is 0 Å². The Balaban J connectivity index is 4.10. The second-order valence-electron chi connectivity index (χ2n) is 13.9. The largest absolute Gasteiger partial charge is 0.462 e. The van der Waals surface area contributed by atoms with Crippen molar-refractivity contribution < 1.29 is 28.6 Å². The van der Waals surface area contributed by atoms with Gasteiger partial charge in [-0.25, -0.2) is 0 Å². The number of hydrogen-bond acceptors (Lipinski definition) is 6. The highest BCUT2D eigenvalue weighted by molar-refractivity contribution is 5.71. The maximum atomic E-state index is 12.5. The van der Waals surface area contributed by atoms with E-state index in [2.05, 4.69) is 45.1 Å². The minimum atomic E-state index is -0.761. The van der Waals surface area contributed by atoms with Crippen molar-refractivity contribution in [2.75, 3.05) is 13.2 Å². The van der Waals surface area contributed by atoms with Crippen molar-refractivity contribution in [3.05, 3.63) is 24.3 Å². The molecule has 0 aliphatic heterocycles. The van der Waals surface area contributed by atoms with Gasteiger partial charge in [-0.1, -0.05) is 167 Å². The number of carbonyl (C=O) groups is 3. The standard InChI is InChI=1S/C43H78O6/c1-4-7-10-13-16-17-18-19-20-21-22-23-24-25-26-27-28-31-33-36-42(45)48-39-40(49-43(46)37-34-30-15-12-9-6-3)38-47-41(44)35-32-29-14-11-8-5-2/h16-17,19-20,40H,4-15,18,21-39H2,1-3H3/b17-16-,20-19-. The van der Waals surface area contributed by atoms with Crippen LogP contribution in [-0.4, -0.2) is 37.2 Å². The summed E-state index contributed by atoms with van der Waals surface area (Å²) in [7, 11) is 0. The molecule has 0 aromatic rings.